The molecule has 0 heterocycles. The molecule has 15 heavy (non-hydrogen) atoms. The van der Waals surface area contributed by atoms with Crippen molar-refractivity contribution in [2.24, 2.45) is 5.73 Å². The van der Waals surface area contributed by atoms with Gasteiger partial charge in [0.2, 0.25) is 0 Å². The van der Waals surface area contributed by atoms with E-state index in [4.69, 9.17) is 0 Å². The van der Waals surface area contributed by atoms with E-state index in [0.717, 1.165) is 0 Å². The zero-order chi connectivity index (χ0) is 11.5. The van der Waals surface area contributed by atoms with Crippen molar-refractivity contribution in [1.82, 2.24) is 0 Å². The molecule has 2 N–H and O–H groups in total. The maximum atomic E-state index is 4.50. The van der Waals surface area contributed by atoms with Crippen molar-refractivity contribution in [1.29, 1.82) is 0 Å². The standard InChI is InChI=1S/C10H8.C3H8.CH5N/c1-2-6-10-8-4-3-7-9(10)5-1;1-3-2;1-2/h1-8H;3H2,1-2H3;2H2,1H3. The molecular formula is C14H21N. The van der Waals surface area contributed by atoms with Crippen LogP contribution in [0.4, 0.5) is 0 Å². The Hall–Kier alpha value is -1.34. The van der Waals surface area contributed by atoms with Gasteiger partial charge in [0.25, 0.3) is 0 Å². The lowest BCUT2D eigenvalue weighted by atomic mass is 10.1. The van der Waals surface area contributed by atoms with E-state index in [1.807, 2.05) is 0 Å². The summed E-state index contributed by atoms with van der Waals surface area (Å²) >= 11 is 0. The van der Waals surface area contributed by atoms with Crippen molar-refractivity contribution in [3.05, 3.63) is 48.5 Å². The fourth-order valence-electron chi connectivity index (χ4n) is 1.13. The van der Waals surface area contributed by atoms with Crippen LogP contribution >= 0.6 is 0 Å². The van der Waals surface area contributed by atoms with Crippen LogP contribution in [0.2, 0.25) is 0 Å². The summed E-state index contributed by atoms with van der Waals surface area (Å²) in [6.07, 6.45) is 1.25. The van der Waals surface area contributed by atoms with Gasteiger partial charge >= 0.3 is 0 Å². The molecule has 0 saturated carbocycles. The first kappa shape index (κ1) is 13.7. The highest BCUT2D eigenvalue weighted by Gasteiger charge is 1.85. The number of nitrogens with two attached hydrogens (primary N) is 1. The average Bonchev–Trinajstić information content (AvgIpc) is 2.33. The number of hydrogen-bond donors (Lipinski definition) is 1. The second kappa shape index (κ2) is 9.22. The first-order chi connectivity index (χ1) is 7.38. The molecule has 2 aromatic carbocycles. The molecule has 0 aliphatic rings. The molecule has 2 aromatic rings. The molecule has 2 rings (SSSR count). The fraction of sp³-hybridized carbons (Fsp3) is 0.286. The van der Waals surface area contributed by atoms with Crippen molar-refractivity contribution >= 4 is 10.8 Å². The van der Waals surface area contributed by atoms with Gasteiger partial charge in [-0.2, -0.15) is 0 Å². The van der Waals surface area contributed by atoms with Gasteiger partial charge in [0.1, 0.15) is 0 Å². The Labute approximate surface area is 92.9 Å². The molecule has 1 nitrogen and oxygen atoms in total. The Balaban J connectivity index is 0.000000342. The number of benzene rings is 2. The van der Waals surface area contributed by atoms with Crippen molar-refractivity contribution < 1.29 is 0 Å². The van der Waals surface area contributed by atoms with Crippen molar-refractivity contribution in [2.75, 3.05) is 7.05 Å². The molecule has 0 spiro atoms. The topological polar surface area (TPSA) is 26.0 Å². The Bertz CT molecular complexity index is 290. The zero-order valence-electron chi connectivity index (χ0n) is 9.90. The van der Waals surface area contributed by atoms with Gasteiger partial charge in [0.15, 0.2) is 0 Å². The summed E-state index contributed by atoms with van der Waals surface area (Å²) in [6.45, 7) is 4.25. The lowest BCUT2D eigenvalue weighted by Crippen LogP contribution is -1.69. The molecule has 0 saturated heterocycles. The molecule has 0 fully saturated rings. The third kappa shape index (κ3) is 5.18. The first-order valence-electron chi connectivity index (χ1n) is 5.40. The van der Waals surface area contributed by atoms with E-state index in [2.05, 4.69) is 68.1 Å². The van der Waals surface area contributed by atoms with Crippen LogP contribution in [0.15, 0.2) is 48.5 Å². The van der Waals surface area contributed by atoms with E-state index in [-0.39, 0.29) is 0 Å². The van der Waals surface area contributed by atoms with E-state index in [0.29, 0.717) is 0 Å². The zero-order valence-corrected chi connectivity index (χ0v) is 9.90. The van der Waals surface area contributed by atoms with Gasteiger partial charge in [-0.1, -0.05) is 68.8 Å². The number of fused-ring (bicyclic) bond motifs is 1. The summed E-state index contributed by atoms with van der Waals surface area (Å²) in [5, 5.41) is 2.62. The van der Waals surface area contributed by atoms with Crippen LogP contribution in [0.3, 0.4) is 0 Å². The van der Waals surface area contributed by atoms with Gasteiger partial charge in [-0.3, -0.25) is 0 Å². The van der Waals surface area contributed by atoms with E-state index in [9.17, 15) is 0 Å². The summed E-state index contributed by atoms with van der Waals surface area (Å²) in [4.78, 5) is 0. The summed E-state index contributed by atoms with van der Waals surface area (Å²) in [7, 11) is 1.50. The van der Waals surface area contributed by atoms with E-state index in [1.54, 1.807) is 0 Å². The lowest BCUT2D eigenvalue weighted by Gasteiger charge is -1.92. The van der Waals surface area contributed by atoms with Crippen LogP contribution in [-0.2, 0) is 0 Å². The highest BCUT2D eigenvalue weighted by molar-refractivity contribution is 5.81. The normalized spacial score (nSPS) is 8.27. The van der Waals surface area contributed by atoms with Crippen molar-refractivity contribution in [2.45, 2.75) is 20.3 Å². The second-order valence-electron chi connectivity index (χ2n) is 3.05. The van der Waals surface area contributed by atoms with Crippen LogP contribution in [-0.4, -0.2) is 7.05 Å². The molecule has 0 aliphatic heterocycles. The molecular weight excluding hydrogens is 182 g/mol. The van der Waals surface area contributed by atoms with Crippen LogP contribution < -0.4 is 5.73 Å². The van der Waals surface area contributed by atoms with Crippen LogP contribution in [0.1, 0.15) is 20.3 Å². The summed E-state index contributed by atoms with van der Waals surface area (Å²) in [6, 6.07) is 16.7. The maximum absolute atomic E-state index is 4.50. The predicted molar refractivity (Wildman–Crippen MR) is 70.0 cm³/mol. The maximum Gasteiger partial charge on any atom is -0.0184 e. The Morgan fingerprint density at radius 1 is 0.733 bits per heavy atom. The van der Waals surface area contributed by atoms with E-state index in [1.165, 1.54) is 24.2 Å². The molecule has 0 unspecified atom stereocenters. The molecule has 0 aliphatic carbocycles. The quantitative estimate of drug-likeness (QED) is 0.692. The van der Waals surface area contributed by atoms with E-state index >= 15 is 0 Å². The largest absolute Gasteiger partial charge is 0.333 e. The van der Waals surface area contributed by atoms with Gasteiger partial charge in [0.05, 0.1) is 0 Å². The minimum Gasteiger partial charge on any atom is -0.333 e. The van der Waals surface area contributed by atoms with Gasteiger partial charge in [-0.25, -0.2) is 0 Å². The first-order valence-corrected chi connectivity index (χ1v) is 5.40. The third-order valence-corrected chi connectivity index (χ3v) is 1.66. The second-order valence-corrected chi connectivity index (χ2v) is 3.05. The van der Waals surface area contributed by atoms with Gasteiger partial charge in [0, 0.05) is 0 Å². The monoisotopic (exact) mass is 203 g/mol. The summed E-state index contributed by atoms with van der Waals surface area (Å²) < 4.78 is 0. The minimum atomic E-state index is 1.25. The molecule has 0 radical (unpaired) electrons. The average molecular weight is 203 g/mol. The van der Waals surface area contributed by atoms with Gasteiger partial charge in [-0.15, -0.1) is 0 Å². The van der Waals surface area contributed by atoms with Crippen LogP contribution in [0.5, 0.6) is 0 Å². The van der Waals surface area contributed by atoms with Crippen molar-refractivity contribution in [3.8, 4) is 0 Å². The smallest absolute Gasteiger partial charge is 0.0184 e. The van der Waals surface area contributed by atoms with Crippen molar-refractivity contribution in [3.63, 3.8) is 0 Å². The summed E-state index contributed by atoms with van der Waals surface area (Å²) in [5.41, 5.74) is 4.50. The number of rotatable bonds is 0. The Morgan fingerprint density at radius 3 is 1.13 bits per heavy atom. The SMILES string of the molecule is CCC.CN.c1ccc2ccccc2c1. The highest BCUT2D eigenvalue weighted by atomic mass is 14.4. The van der Waals surface area contributed by atoms with Gasteiger partial charge < -0.3 is 5.73 Å². The minimum absolute atomic E-state index is 1.25. The number of hydrogen-bond acceptors (Lipinski definition) is 1. The molecule has 0 atom stereocenters. The molecule has 0 aromatic heterocycles. The third-order valence-electron chi connectivity index (χ3n) is 1.66. The highest BCUT2D eigenvalue weighted by Crippen LogP contribution is 2.11. The van der Waals surface area contributed by atoms with Crippen LogP contribution in [0, 0.1) is 0 Å². The predicted octanol–water partition coefficient (Wildman–Crippen LogP) is 3.83. The molecule has 1 heteroatoms. The van der Waals surface area contributed by atoms with Crippen LogP contribution in [0.25, 0.3) is 10.8 Å². The molecule has 0 amide bonds. The van der Waals surface area contributed by atoms with E-state index < -0.39 is 0 Å². The molecule has 0 bridgehead atoms. The Kier molecular flexibility index (Phi) is 8.40. The fourth-order valence-corrected chi connectivity index (χ4v) is 1.13. The molecule has 82 valence electrons. The van der Waals surface area contributed by atoms with Gasteiger partial charge in [-0.05, 0) is 17.8 Å². The summed E-state index contributed by atoms with van der Waals surface area (Å²) in [5.74, 6) is 0. The Morgan fingerprint density at radius 2 is 0.933 bits per heavy atom. The lowest BCUT2D eigenvalue weighted by molar-refractivity contribution is 1.09.